The lowest BCUT2D eigenvalue weighted by Gasteiger charge is -2.07. The molecule has 92 valence electrons. The Morgan fingerprint density at radius 3 is 2.76 bits per heavy atom. The average molecular weight is 232 g/mol. The zero-order valence-corrected chi connectivity index (χ0v) is 10.5. The quantitative estimate of drug-likeness (QED) is 0.854. The third-order valence-electron chi connectivity index (χ3n) is 2.85. The zero-order valence-electron chi connectivity index (χ0n) is 10.5. The first-order valence-electron chi connectivity index (χ1n) is 6.09. The number of nitrogens with two attached hydrogens (primary N) is 1. The molecule has 0 aliphatic heterocycles. The molecule has 0 fully saturated rings. The van der Waals surface area contributed by atoms with Crippen LogP contribution in [-0.4, -0.2) is 20.9 Å². The predicted molar refractivity (Wildman–Crippen MR) is 68.9 cm³/mol. The Bertz CT molecular complexity index is 467. The standard InChI is InChI=1S/C13H20N4/c1-11(2)17-9-6-12(15-17)10-16-8-3-4-13(16)5-7-14/h3-4,6,8-9,11H,5,7,10,14H2,1-2H3. The molecule has 0 saturated heterocycles. The molecule has 0 aliphatic carbocycles. The number of aromatic nitrogens is 3. The van der Waals surface area contributed by atoms with E-state index in [-0.39, 0.29) is 0 Å². The molecule has 2 rings (SSSR count). The van der Waals surface area contributed by atoms with Crippen LogP contribution in [0, 0.1) is 0 Å². The Kier molecular flexibility index (Phi) is 3.64. The molecule has 0 saturated carbocycles. The molecule has 2 aromatic heterocycles. The van der Waals surface area contributed by atoms with Gasteiger partial charge in [0, 0.05) is 24.1 Å². The number of rotatable bonds is 5. The van der Waals surface area contributed by atoms with Crippen LogP contribution in [-0.2, 0) is 13.0 Å². The van der Waals surface area contributed by atoms with E-state index in [4.69, 9.17) is 5.73 Å². The smallest absolute Gasteiger partial charge is 0.0821 e. The first-order chi connectivity index (χ1) is 8.20. The van der Waals surface area contributed by atoms with Crippen LogP contribution in [0.1, 0.15) is 31.3 Å². The molecule has 0 radical (unpaired) electrons. The molecule has 0 atom stereocenters. The number of hydrogen-bond donors (Lipinski definition) is 1. The molecule has 0 aliphatic rings. The van der Waals surface area contributed by atoms with Crippen molar-refractivity contribution in [3.05, 3.63) is 42.0 Å². The van der Waals surface area contributed by atoms with Gasteiger partial charge in [-0.2, -0.15) is 5.10 Å². The predicted octanol–water partition coefficient (Wildman–Crippen LogP) is 1.81. The van der Waals surface area contributed by atoms with Crippen LogP contribution >= 0.6 is 0 Å². The summed E-state index contributed by atoms with van der Waals surface area (Å²) in [5, 5.41) is 4.55. The average Bonchev–Trinajstić information content (AvgIpc) is 2.90. The maximum absolute atomic E-state index is 5.59. The monoisotopic (exact) mass is 232 g/mol. The van der Waals surface area contributed by atoms with Gasteiger partial charge in [-0.15, -0.1) is 0 Å². The molecule has 4 nitrogen and oxygen atoms in total. The summed E-state index contributed by atoms with van der Waals surface area (Å²) in [5.41, 5.74) is 7.95. The maximum Gasteiger partial charge on any atom is 0.0821 e. The summed E-state index contributed by atoms with van der Waals surface area (Å²) < 4.78 is 4.20. The van der Waals surface area contributed by atoms with Gasteiger partial charge in [0.15, 0.2) is 0 Å². The van der Waals surface area contributed by atoms with Gasteiger partial charge in [0.05, 0.1) is 12.2 Å². The highest BCUT2D eigenvalue weighted by atomic mass is 15.3. The Morgan fingerprint density at radius 2 is 2.12 bits per heavy atom. The van der Waals surface area contributed by atoms with Gasteiger partial charge in [0.2, 0.25) is 0 Å². The Balaban J connectivity index is 2.11. The van der Waals surface area contributed by atoms with E-state index in [1.54, 1.807) is 0 Å². The topological polar surface area (TPSA) is 48.8 Å². The first kappa shape index (κ1) is 11.9. The summed E-state index contributed by atoms with van der Waals surface area (Å²) in [5.74, 6) is 0. The highest BCUT2D eigenvalue weighted by Crippen LogP contribution is 2.09. The van der Waals surface area contributed by atoms with E-state index >= 15 is 0 Å². The first-order valence-corrected chi connectivity index (χ1v) is 6.09. The zero-order chi connectivity index (χ0) is 12.3. The van der Waals surface area contributed by atoms with Crippen molar-refractivity contribution in [2.75, 3.05) is 6.54 Å². The molecule has 0 bridgehead atoms. The van der Waals surface area contributed by atoms with Crippen LogP contribution in [0.2, 0.25) is 0 Å². The van der Waals surface area contributed by atoms with Gasteiger partial charge in [-0.05, 0) is 45.0 Å². The van der Waals surface area contributed by atoms with Crippen LogP contribution in [0.5, 0.6) is 0 Å². The van der Waals surface area contributed by atoms with Gasteiger partial charge in [0.25, 0.3) is 0 Å². The fraction of sp³-hybridized carbons (Fsp3) is 0.462. The van der Waals surface area contributed by atoms with Crippen LogP contribution < -0.4 is 5.73 Å². The fourth-order valence-electron chi connectivity index (χ4n) is 1.90. The summed E-state index contributed by atoms with van der Waals surface area (Å²) in [6.07, 6.45) is 5.03. The Hall–Kier alpha value is -1.55. The molecule has 4 heteroatoms. The molecule has 0 unspecified atom stereocenters. The lowest BCUT2D eigenvalue weighted by atomic mass is 10.3. The van der Waals surface area contributed by atoms with E-state index in [0.717, 1.165) is 18.7 Å². The minimum absolute atomic E-state index is 0.414. The summed E-state index contributed by atoms with van der Waals surface area (Å²) in [7, 11) is 0. The van der Waals surface area contributed by atoms with Crippen LogP contribution in [0.4, 0.5) is 0 Å². The van der Waals surface area contributed by atoms with E-state index < -0.39 is 0 Å². The Morgan fingerprint density at radius 1 is 1.29 bits per heavy atom. The molecule has 0 spiro atoms. The van der Waals surface area contributed by atoms with Gasteiger partial charge in [-0.25, -0.2) is 0 Å². The van der Waals surface area contributed by atoms with Crippen molar-refractivity contribution in [3.63, 3.8) is 0 Å². The third-order valence-corrected chi connectivity index (χ3v) is 2.85. The van der Waals surface area contributed by atoms with Crippen molar-refractivity contribution in [1.82, 2.24) is 14.3 Å². The van der Waals surface area contributed by atoms with Gasteiger partial charge in [0.1, 0.15) is 0 Å². The van der Waals surface area contributed by atoms with Gasteiger partial charge < -0.3 is 10.3 Å². The SMILES string of the molecule is CC(C)n1ccc(Cn2cccc2CCN)n1. The molecule has 2 heterocycles. The molecule has 17 heavy (non-hydrogen) atoms. The van der Waals surface area contributed by atoms with Crippen molar-refractivity contribution in [2.45, 2.75) is 32.9 Å². The minimum atomic E-state index is 0.414. The second-order valence-corrected chi connectivity index (χ2v) is 4.55. The second kappa shape index (κ2) is 5.19. The molecular formula is C13H20N4. The lowest BCUT2D eigenvalue weighted by molar-refractivity contribution is 0.523. The van der Waals surface area contributed by atoms with E-state index in [2.05, 4.69) is 47.9 Å². The van der Waals surface area contributed by atoms with Crippen molar-refractivity contribution >= 4 is 0 Å². The molecule has 2 aromatic rings. The maximum atomic E-state index is 5.59. The summed E-state index contributed by atoms with van der Waals surface area (Å²) in [4.78, 5) is 0. The van der Waals surface area contributed by atoms with E-state index in [9.17, 15) is 0 Å². The van der Waals surface area contributed by atoms with Crippen molar-refractivity contribution in [2.24, 2.45) is 5.73 Å². The molecule has 2 N–H and O–H groups in total. The molecule has 0 aromatic carbocycles. The van der Waals surface area contributed by atoms with Crippen LogP contribution in [0.3, 0.4) is 0 Å². The van der Waals surface area contributed by atoms with Gasteiger partial charge >= 0.3 is 0 Å². The number of hydrogen-bond acceptors (Lipinski definition) is 2. The molecular weight excluding hydrogens is 212 g/mol. The van der Waals surface area contributed by atoms with Crippen LogP contribution in [0.15, 0.2) is 30.6 Å². The molecule has 0 amide bonds. The Labute approximate surface area is 102 Å². The van der Waals surface area contributed by atoms with E-state index in [1.165, 1.54) is 5.69 Å². The highest BCUT2D eigenvalue weighted by molar-refractivity contribution is 5.11. The fourth-order valence-corrected chi connectivity index (χ4v) is 1.90. The summed E-state index contributed by atoms with van der Waals surface area (Å²) in [6, 6.07) is 6.67. The van der Waals surface area contributed by atoms with Gasteiger partial charge in [-0.3, -0.25) is 4.68 Å². The third kappa shape index (κ3) is 2.77. The second-order valence-electron chi connectivity index (χ2n) is 4.55. The normalized spacial score (nSPS) is 11.3. The van der Waals surface area contributed by atoms with Crippen molar-refractivity contribution in [1.29, 1.82) is 0 Å². The van der Waals surface area contributed by atoms with Crippen molar-refractivity contribution < 1.29 is 0 Å². The van der Waals surface area contributed by atoms with E-state index in [0.29, 0.717) is 12.6 Å². The lowest BCUT2D eigenvalue weighted by Crippen LogP contribution is -2.10. The van der Waals surface area contributed by atoms with Gasteiger partial charge in [-0.1, -0.05) is 0 Å². The summed E-state index contributed by atoms with van der Waals surface area (Å²) >= 11 is 0. The van der Waals surface area contributed by atoms with Crippen LogP contribution in [0.25, 0.3) is 0 Å². The van der Waals surface area contributed by atoms with Crippen molar-refractivity contribution in [3.8, 4) is 0 Å². The highest BCUT2D eigenvalue weighted by Gasteiger charge is 2.05. The van der Waals surface area contributed by atoms with E-state index in [1.807, 2.05) is 10.9 Å². The largest absolute Gasteiger partial charge is 0.345 e. The summed E-state index contributed by atoms with van der Waals surface area (Å²) in [6.45, 7) is 5.77. The number of nitrogens with zero attached hydrogens (tertiary/aromatic N) is 3. The minimum Gasteiger partial charge on any atom is -0.345 e.